The van der Waals surface area contributed by atoms with Crippen LogP contribution in [0, 0.1) is 0 Å². The van der Waals surface area contributed by atoms with Gasteiger partial charge in [0.2, 0.25) is 0 Å². The van der Waals surface area contributed by atoms with E-state index in [4.69, 9.17) is 9.94 Å². The lowest BCUT2D eigenvalue weighted by Crippen LogP contribution is -2.37. The first-order valence-electron chi connectivity index (χ1n) is 7.15. The molecule has 2 rings (SSSR count). The van der Waals surface area contributed by atoms with Gasteiger partial charge >= 0.3 is 6.09 Å². The van der Waals surface area contributed by atoms with Gasteiger partial charge < -0.3 is 14.8 Å². The summed E-state index contributed by atoms with van der Waals surface area (Å²) in [6.07, 6.45) is 3.19. The van der Waals surface area contributed by atoms with Crippen LogP contribution in [-0.2, 0) is 11.3 Å². The third-order valence-electron chi connectivity index (χ3n) is 3.16. The number of hydrogen-bond donors (Lipinski definition) is 1. The van der Waals surface area contributed by atoms with Gasteiger partial charge in [0.1, 0.15) is 5.60 Å². The average Bonchev–Trinajstić information content (AvgIpc) is 3.20. The molecule has 1 aromatic rings. The molecule has 1 N–H and O–H groups in total. The molecule has 114 valence electrons. The molecule has 0 aromatic heterocycles. The van der Waals surface area contributed by atoms with Crippen LogP contribution in [0.1, 0.15) is 44.7 Å². The predicted molar refractivity (Wildman–Crippen MR) is 80.6 cm³/mol. The maximum Gasteiger partial charge on any atom is 0.410 e. The van der Waals surface area contributed by atoms with Crippen LogP contribution in [0.3, 0.4) is 0 Å². The molecule has 1 aliphatic carbocycles. The molecule has 0 atom stereocenters. The number of oxime groups is 1. The monoisotopic (exact) mass is 290 g/mol. The number of rotatable bonds is 4. The lowest BCUT2D eigenvalue weighted by Gasteiger charge is -2.27. The molecule has 0 heterocycles. The van der Waals surface area contributed by atoms with Crippen molar-refractivity contribution in [2.75, 3.05) is 0 Å². The zero-order valence-electron chi connectivity index (χ0n) is 12.7. The fourth-order valence-electron chi connectivity index (χ4n) is 2.02. The zero-order chi connectivity index (χ0) is 15.5. The fraction of sp³-hybridized carbons (Fsp3) is 0.500. The van der Waals surface area contributed by atoms with Gasteiger partial charge in [0.25, 0.3) is 0 Å². The van der Waals surface area contributed by atoms with Crippen molar-refractivity contribution in [3.05, 3.63) is 35.4 Å². The first-order chi connectivity index (χ1) is 9.89. The highest BCUT2D eigenvalue weighted by atomic mass is 16.6. The molecule has 1 aliphatic rings. The largest absolute Gasteiger partial charge is 0.444 e. The number of amides is 1. The van der Waals surface area contributed by atoms with Crippen LogP contribution in [0.15, 0.2) is 29.4 Å². The number of carbonyl (C=O) groups excluding carboxylic acids is 1. The molecule has 0 unspecified atom stereocenters. The van der Waals surface area contributed by atoms with Crippen molar-refractivity contribution in [3.63, 3.8) is 0 Å². The molecule has 5 heteroatoms. The summed E-state index contributed by atoms with van der Waals surface area (Å²) in [6, 6.07) is 7.86. The van der Waals surface area contributed by atoms with Gasteiger partial charge in [-0.1, -0.05) is 29.4 Å². The molecule has 0 saturated heterocycles. The summed E-state index contributed by atoms with van der Waals surface area (Å²) in [5.74, 6) is 0. The van der Waals surface area contributed by atoms with Gasteiger partial charge in [0.15, 0.2) is 0 Å². The second-order valence-corrected chi connectivity index (χ2v) is 6.33. The highest BCUT2D eigenvalue weighted by Gasteiger charge is 2.35. The molecule has 1 aromatic carbocycles. The Kier molecular flexibility index (Phi) is 4.50. The molecular weight excluding hydrogens is 268 g/mol. The van der Waals surface area contributed by atoms with E-state index in [1.807, 2.05) is 45.0 Å². The van der Waals surface area contributed by atoms with E-state index >= 15 is 0 Å². The van der Waals surface area contributed by atoms with Crippen LogP contribution in [0.25, 0.3) is 0 Å². The van der Waals surface area contributed by atoms with Crippen molar-refractivity contribution in [2.24, 2.45) is 5.16 Å². The first-order valence-corrected chi connectivity index (χ1v) is 7.15. The number of benzene rings is 1. The SMILES string of the molecule is CC(C)(C)OC(=O)N(Cc1ccc(C=NO)cc1)C1CC1. The minimum Gasteiger partial charge on any atom is -0.444 e. The lowest BCUT2D eigenvalue weighted by atomic mass is 10.1. The Bertz CT molecular complexity index is 513. The summed E-state index contributed by atoms with van der Waals surface area (Å²) in [7, 11) is 0. The molecule has 1 saturated carbocycles. The Hall–Kier alpha value is -2.04. The Morgan fingerprint density at radius 3 is 2.48 bits per heavy atom. The maximum atomic E-state index is 12.3. The van der Waals surface area contributed by atoms with E-state index in [2.05, 4.69) is 5.16 Å². The van der Waals surface area contributed by atoms with Crippen molar-refractivity contribution in [1.29, 1.82) is 0 Å². The van der Waals surface area contributed by atoms with Gasteiger partial charge in [-0.25, -0.2) is 4.79 Å². The molecule has 1 amide bonds. The van der Waals surface area contributed by atoms with E-state index in [0.29, 0.717) is 12.6 Å². The van der Waals surface area contributed by atoms with E-state index in [0.717, 1.165) is 24.0 Å². The summed E-state index contributed by atoms with van der Waals surface area (Å²) in [6.45, 7) is 6.16. The minimum absolute atomic E-state index is 0.258. The second-order valence-electron chi connectivity index (χ2n) is 6.33. The van der Waals surface area contributed by atoms with Crippen molar-refractivity contribution in [2.45, 2.75) is 51.8 Å². The summed E-state index contributed by atoms with van der Waals surface area (Å²) in [5, 5.41) is 11.5. The normalized spacial score (nSPS) is 15.2. The fourth-order valence-corrected chi connectivity index (χ4v) is 2.02. The third-order valence-corrected chi connectivity index (χ3v) is 3.16. The highest BCUT2D eigenvalue weighted by Crippen LogP contribution is 2.29. The average molecular weight is 290 g/mol. The van der Waals surface area contributed by atoms with E-state index in [-0.39, 0.29) is 6.09 Å². The number of hydrogen-bond acceptors (Lipinski definition) is 4. The van der Waals surface area contributed by atoms with Gasteiger partial charge in [-0.2, -0.15) is 0 Å². The summed E-state index contributed by atoms with van der Waals surface area (Å²) in [4.78, 5) is 14.1. The summed E-state index contributed by atoms with van der Waals surface area (Å²) < 4.78 is 5.47. The van der Waals surface area contributed by atoms with Gasteiger partial charge in [-0.15, -0.1) is 0 Å². The van der Waals surface area contributed by atoms with E-state index in [1.165, 1.54) is 6.21 Å². The van der Waals surface area contributed by atoms with Crippen molar-refractivity contribution in [3.8, 4) is 0 Å². The summed E-state index contributed by atoms with van der Waals surface area (Å²) in [5.41, 5.74) is 1.37. The van der Waals surface area contributed by atoms with Crippen LogP contribution in [-0.4, -0.2) is 34.1 Å². The van der Waals surface area contributed by atoms with Crippen LogP contribution in [0.5, 0.6) is 0 Å². The molecule has 0 spiro atoms. The number of carbonyl (C=O) groups is 1. The van der Waals surface area contributed by atoms with Crippen LogP contribution in [0.2, 0.25) is 0 Å². The van der Waals surface area contributed by atoms with Crippen LogP contribution in [0.4, 0.5) is 4.79 Å². The Morgan fingerprint density at radius 2 is 2.00 bits per heavy atom. The standard InChI is InChI=1S/C16H22N2O3/c1-16(2,3)21-15(19)18(14-8-9-14)11-13-6-4-12(5-7-13)10-17-20/h4-7,10,14,20H,8-9,11H2,1-3H3. The predicted octanol–water partition coefficient (Wildman–Crippen LogP) is 3.39. The Balaban J connectivity index is 2.04. The molecule has 5 nitrogen and oxygen atoms in total. The molecule has 0 bridgehead atoms. The second kappa shape index (κ2) is 6.16. The van der Waals surface area contributed by atoms with Gasteiger partial charge in [0.05, 0.1) is 6.21 Å². The molecule has 21 heavy (non-hydrogen) atoms. The minimum atomic E-state index is -0.480. The topological polar surface area (TPSA) is 62.1 Å². The molecule has 1 fully saturated rings. The molecular formula is C16H22N2O3. The zero-order valence-corrected chi connectivity index (χ0v) is 12.7. The van der Waals surface area contributed by atoms with E-state index in [9.17, 15) is 4.79 Å². The highest BCUT2D eigenvalue weighted by molar-refractivity contribution is 5.79. The van der Waals surface area contributed by atoms with E-state index < -0.39 is 5.60 Å². The number of nitrogens with zero attached hydrogens (tertiary/aromatic N) is 2. The quantitative estimate of drug-likeness (QED) is 0.525. The first kappa shape index (κ1) is 15.4. The van der Waals surface area contributed by atoms with Gasteiger partial charge in [0, 0.05) is 12.6 Å². The van der Waals surface area contributed by atoms with E-state index in [1.54, 1.807) is 4.90 Å². The van der Waals surface area contributed by atoms with Gasteiger partial charge in [-0.05, 0) is 44.7 Å². The van der Waals surface area contributed by atoms with Crippen molar-refractivity contribution < 1.29 is 14.7 Å². The van der Waals surface area contributed by atoms with Gasteiger partial charge in [-0.3, -0.25) is 0 Å². The molecule has 0 radical (unpaired) electrons. The van der Waals surface area contributed by atoms with Crippen LogP contribution >= 0.6 is 0 Å². The molecule has 0 aliphatic heterocycles. The third kappa shape index (κ3) is 4.77. The maximum absolute atomic E-state index is 12.3. The Morgan fingerprint density at radius 1 is 1.38 bits per heavy atom. The van der Waals surface area contributed by atoms with Crippen molar-refractivity contribution >= 4 is 12.3 Å². The Labute approximate surface area is 125 Å². The lowest BCUT2D eigenvalue weighted by molar-refractivity contribution is 0.0216. The smallest absolute Gasteiger partial charge is 0.410 e. The number of ether oxygens (including phenoxy) is 1. The van der Waals surface area contributed by atoms with Crippen LogP contribution < -0.4 is 0 Å². The van der Waals surface area contributed by atoms with Crippen molar-refractivity contribution in [1.82, 2.24) is 4.90 Å². The summed E-state index contributed by atoms with van der Waals surface area (Å²) >= 11 is 0.